The molecule has 1 aliphatic heterocycles. The molecule has 0 bridgehead atoms. The van der Waals surface area contributed by atoms with E-state index in [4.69, 9.17) is 4.74 Å². The average Bonchev–Trinajstić information content (AvgIpc) is 2.69. The normalized spacial score (nSPS) is 16.5. The van der Waals surface area contributed by atoms with Gasteiger partial charge in [0.1, 0.15) is 0 Å². The third-order valence-corrected chi connectivity index (χ3v) is 4.93. The highest BCUT2D eigenvalue weighted by Gasteiger charge is 2.28. The van der Waals surface area contributed by atoms with E-state index in [0.717, 1.165) is 19.5 Å². The second-order valence-electron chi connectivity index (χ2n) is 6.40. The number of carbonyl (C=O) groups is 1. The van der Waals surface area contributed by atoms with E-state index in [2.05, 4.69) is 66.4 Å². The SMILES string of the molecule is CCc1ccc([C@@H](c2ccccc2)N2CCN(C(=O)OC)CC2)cc1. The molecule has 4 heteroatoms. The van der Waals surface area contributed by atoms with Crippen LogP contribution in [0.4, 0.5) is 4.79 Å². The van der Waals surface area contributed by atoms with Crippen molar-refractivity contribution in [2.24, 2.45) is 0 Å². The first-order valence-electron chi connectivity index (χ1n) is 8.93. The fourth-order valence-corrected chi connectivity index (χ4v) is 3.48. The van der Waals surface area contributed by atoms with Gasteiger partial charge in [-0.1, -0.05) is 61.5 Å². The van der Waals surface area contributed by atoms with Crippen molar-refractivity contribution in [3.8, 4) is 0 Å². The van der Waals surface area contributed by atoms with Crippen LogP contribution in [0.5, 0.6) is 0 Å². The van der Waals surface area contributed by atoms with Gasteiger partial charge in [0.2, 0.25) is 0 Å². The summed E-state index contributed by atoms with van der Waals surface area (Å²) in [6.45, 7) is 5.25. The number of methoxy groups -OCH3 is 1. The van der Waals surface area contributed by atoms with Crippen LogP contribution in [0.1, 0.15) is 29.7 Å². The summed E-state index contributed by atoms with van der Waals surface area (Å²) >= 11 is 0. The Morgan fingerprint density at radius 2 is 1.56 bits per heavy atom. The van der Waals surface area contributed by atoms with Crippen molar-refractivity contribution in [2.45, 2.75) is 19.4 Å². The third-order valence-electron chi connectivity index (χ3n) is 4.93. The summed E-state index contributed by atoms with van der Waals surface area (Å²) in [5.74, 6) is 0. The van der Waals surface area contributed by atoms with Crippen LogP contribution in [-0.2, 0) is 11.2 Å². The van der Waals surface area contributed by atoms with E-state index in [1.54, 1.807) is 4.90 Å². The monoisotopic (exact) mass is 338 g/mol. The minimum Gasteiger partial charge on any atom is -0.453 e. The lowest BCUT2D eigenvalue weighted by atomic mass is 9.95. The first-order valence-corrected chi connectivity index (χ1v) is 8.93. The van der Waals surface area contributed by atoms with Crippen molar-refractivity contribution in [3.63, 3.8) is 0 Å². The number of ether oxygens (including phenoxy) is 1. The van der Waals surface area contributed by atoms with Gasteiger partial charge >= 0.3 is 6.09 Å². The molecule has 1 fully saturated rings. The molecule has 2 aromatic carbocycles. The topological polar surface area (TPSA) is 32.8 Å². The van der Waals surface area contributed by atoms with Crippen LogP contribution in [0, 0.1) is 0 Å². The maximum absolute atomic E-state index is 11.7. The van der Waals surface area contributed by atoms with Gasteiger partial charge in [0.15, 0.2) is 0 Å². The van der Waals surface area contributed by atoms with Crippen molar-refractivity contribution in [1.82, 2.24) is 9.80 Å². The lowest BCUT2D eigenvalue weighted by molar-refractivity contribution is 0.0812. The van der Waals surface area contributed by atoms with Gasteiger partial charge in [-0.05, 0) is 23.1 Å². The maximum Gasteiger partial charge on any atom is 0.409 e. The maximum atomic E-state index is 11.7. The van der Waals surface area contributed by atoms with Gasteiger partial charge in [0.25, 0.3) is 0 Å². The Balaban J connectivity index is 1.84. The van der Waals surface area contributed by atoms with Gasteiger partial charge in [-0.25, -0.2) is 4.79 Å². The number of amides is 1. The van der Waals surface area contributed by atoms with Crippen LogP contribution in [0.15, 0.2) is 54.6 Å². The number of benzene rings is 2. The Kier molecular flexibility index (Phi) is 5.71. The Labute approximate surface area is 150 Å². The Morgan fingerprint density at radius 3 is 2.12 bits per heavy atom. The lowest BCUT2D eigenvalue weighted by Gasteiger charge is -2.39. The van der Waals surface area contributed by atoms with E-state index in [0.29, 0.717) is 13.1 Å². The highest BCUT2D eigenvalue weighted by atomic mass is 16.5. The molecule has 1 heterocycles. The summed E-state index contributed by atoms with van der Waals surface area (Å²) in [6, 6.07) is 19.7. The minimum atomic E-state index is -0.233. The first-order chi connectivity index (χ1) is 12.2. The molecule has 0 N–H and O–H groups in total. The molecule has 0 radical (unpaired) electrons. The molecule has 0 saturated carbocycles. The summed E-state index contributed by atoms with van der Waals surface area (Å²) in [5, 5.41) is 0. The van der Waals surface area contributed by atoms with Crippen LogP contribution in [0.3, 0.4) is 0 Å². The second kappa shape index (κ2) is 8.17. The molecule has 0 aromatic heterocycles. The molecule has 132 valence electrons. The van der Waals surface area contributed by atoms with Gasteiger partial charge in [0.05, 0.1) is 13.2 Å². The zero-order valence-corrected chi connectivity index (χ0v) is 15.0. The van der Waals surface area contributed by atoms with E-state index in [-0.39, 0.29) is 12.1 Å². The molecule has 1 atom stereocenters. The Morgan fingerprint density at radius 1 is 0.960 bits per heavy atom. The fraction of sp³-hybridized carbons (Fsp3) is 0.381. The summed E-state index contributed by atoms with van der Waals surface area (Å²) in [7, 11) is 1.44. The number of carbonyl (C=O) groups excluding carboxylic acids is 1. The van der Waals surface area contributed by atoms with Crippen molar-refractivity contribution < 1.29 is 9.53 Å². The van der Waals surface area contributed by atoms with Crippen molar-refractivity contribution in [2.75, 3.05) is 33.3 Å². The van der Waals surface area contributed by atoms with Gasteiger partial charge in [0, 0.05) is 26.2 Å². The molecule has 25 heavy (non-hydrogen) atoms. The number of hydrogen-bond donors (Lipinski definition) is 0. The highest BCUT2D eigenvalue weighted by molar-refractivity contribution is 5.67. The molecule has 0 unspecified atom stereocenters. The number of nitrogens with zero attached hydrogens (tertiary/aromatic N) is 2. The Hall–Kier alpha value is -2.33. The quantitative estimate of drug-likeness (QED) is 0.852. The molecule has 4 nitrogen and oxygen atoms in total. The summed E-state index contributed by atoms with van der Waals surface area (Å²) in [5.41, 5.74) is 3.94. The molecule has 2 aromatic rings. The molecular formula is C21H26N2O2. The summed E-state index contributed by atoms with van der Waals surface area (Å²) < 4.78 is 4.85. The predicted octanol–water partition coefficient (Wildman–Crippen LogP) is 3.72. The minimum absolute atomic E-state index is 0.215. The van der Waals surface area contributed by atoms with E-state index in [1.807, 2.05) is 0 Å². The zero-order chi connectivity index (χ0) is 17.6. The van der Waals surface area contributed by atoms with Crippen LogP contribution in [0.2, 0.25) is 0 Å². The van der Waals surface area contributed by atoms with Crippen LogP contribution >= 0.6 is 0 Å². The molecule has 0 spiro atoms. The second-order valence-corrected chi connectivity index (χ2v) is 6.40. The highest BCUT2D eigenvalue weighted by Crippen LogP contribution is 2.30. The lowest BCUT2D eigenvalue weighted by Crippen LogP contribution is -2.49. The van der Waals surface area contributed by atoms with Crippen molar-refractivity contribution >= 4 is 6.09 Å². The standard InChI is InChI=1S/C21H26N2O2/c1-3-17-9-11-19(12-10-17)20(18-7-5-4-6-8-18)22-13-15-23(16-14-22)21(24)25-2/h4-12,20H,3,13-16H2,1-2H3/t20-/m1/s1. The average molecular weight is 338 g/mol. The number of rotatable bonds is 4. The Bertz CT molecular complexity index is 677. The van der Waals surface area contributed by atoms with Gasteiger partial charge < -0.3 is 9.64 Å². The van der Waals surface area contributed by atoms with Crippen molar-refractivity contribution in [3.05, 3.63) is 71.3 Å². The van der Waals surface area contributed by atoms with E-state index < -0.39 is 0 Å². The molecule has 3 rings (SSSR count). The van der Waals surface area contributed by atoms with E-state index in [1.165, 1.54) is 23.8 Å². The largest absolute Gasteiger partial charge is 0.453 e. The predicted molar refractivity (Wildman–Crippen MR) is 99.7 cm³/mol. The molecular weight excluding hydrogens is 312 g/mol. The first kappa shape index (κ1) is 17.5. The third kappa shape index (κ3) is 4.02. The molecule has 1 aliphatic rings. The van der Waals surface area contributed by atoms with Crippen LogP contribution < -0.4 is 0 Å². The number of aryl methyl sites for hydroxylation is 1. The molecule has 1 amide bonds. The summed E-state index contributed by atoms with van der Waals surface area (Å²) in [6.07, 6.45) is 0.817. The zero-order valence-electron chi connectivity index (χ0n) is 15.0. The van der Waals surface area contributed by atoms with Crippen LogP contribution in [-0.4, -0.2) is 49.2 Å². The number of piperazine rings is 1. The molecule has 1 saturated heterocycles. The van der Waals surface area contributed by atoms with Crippen LogP contribution in [0.25, 0.3) is 0 Å². The van der Waals surface area contributed by atoms with Gasteiger partial charge in [-0.15, -0.1) is 0 Å². The summed E-state index contributed by atoms with van der Waals surface area (Å²) in [4.78, 5) is 16.0. The van der Waals surface area contributed by atoms with Gasteiger partial charge in [-0.2, -0.15) is 0 Å². The fourth-order valence-electron chi connectivity index (χ4n) is 3.48. The van der Waals surface area contributed by atoms with Gasteiger partial charge in [-0.3, -0.25) is 4.90 Å². The van der Waals surface area contributed by atoms with Crippen molar-refractivity contribution in [1.29, 1.82) is 0 Å². The molecule has 0 aliphatic carbocycles. The smallest absolute Gasteiger partial charge is 0.409 e. The number of hydrogen-bond acceptors (Lipinski definition) is 3. The van der Waals surface area contributed by atoms with E-state index >= 15 is 0 Å². The van der Waals surface area contributed by atoms with E-state index in [9.17, 15) is 4.79 Å².